The van der Waals surface area contributed by atoms with Crippen LogP contribution in [-0.2, 0) is 14.4 Å². The van der Waals surface area contributed by atoms with Gasteiger partial charge in [0.05, 0.1) is 0 Å². The van der Waals surface area contributed by atoms with Crippen molar-refractivity contribution in [3.63, 3.8) is 0 Å². The van der Waals surface area contributed by atoms with Crippen LogP contribution in [0.5, 0.6) is 0 Å². The van der Waals surface area contributed by atoms with E-state index in [1.165, 1.54) is 0 Å². The highest BCUT2D eigenvalue weighted by Crippen LogP contribution is 1.44. The summed E-state index contributed by atoms with van der Waals surface area (Å²) in [5.74, 6) is -3.11. The van der Waals surface area contributed by atoms with Crippen LogP contribution < -0.4 is 0 Å². The van der Waals surface area contributed by atoms with Gasteiger partial charge in [0, 0.05) is 13.8 Å². The Morgan fingerprint density at radius 3 is 1.08 bits per heavy atom. The van der Waals surface area contributed by atoms with Crippen LogP contribution in [0.2, 0.25) is 0 Å². The largest absolute Gasteiger partial charge is 0.481 e. The number of hydrogen-bond donors (Lipinski definition) is 3. The van der Waals surface area contributed by atoms with Gasteiger partial charge in [-0.05, 0) is 0 Å². The third-order valence-corrected chi connectivity index (χ3v) is 0.0956. The second-order valence-electron chi connectivity index (χ2n) is 1.45. The molecule has 3 N–H and O–H groups in total. The third-order valence-electron chi connectivity index (χ3n) is 0.0956. The quantitative estimate of drug-likeness (QED) is 0.355. The van der Waals surface area contributed by atoms with Crippen molar-refractivity contribution in [3.8, 4) is 6.07 Å². The van der Waals surface area contributed by atoms with Gasteiger partial charge < -0.3 is 15.3 Å². The molecule has 0 aliphatic heterocycles. The lowest BCUT2D eigenvalue weighted by molar-refractivity contribution is -0.135. The van der Waals surface area contributed by atoms with E-state index >= 15 is 0 Å². The first-order valence-electron chi connectivity index (χ1n) is 2.76. The van der Waals surface area contributed by atoms with Crippen LogP contribution in [0.4, 0.5) is 0 Å². The number of carbonyl (C=O) groups is 3. The molecule has 0 spiro atoms. The molecule has 13 heavy (non-hydrogen) atoms. The van der Waals surface area contributed by atoms with E-state index in [1.807, 2.05) is 0 Å². The minimum Gasteiger partial charge on any atom is -0.481 e. The van der Waals surface area contributed by atoms with E-state index in [1.54, 1.807) is 0 Å². The minimum atomic E-state index is -1.44. The maximum Gasteiger partial charge on any atom is 0.408 e. The molecule has 74 valence electrons. The minimum absolute atomic E-state index is 0.833. The molecule has 0 aromatic rings. The highest BCUT2D eigenvalue weighted by atomic mass is 16.4. The summed E-state index contributed by atoms with van der Waals surface area (Å²) in [5, 5.41) is 29.5. The first-order valence-corrected chi connectivity index (χ1v) is 2.76. The summed E-state index contributed by atoms with van der Waals surface area (Å²) in [7, 11) is 0. The van der Waals surface area contributed by atoms with Crippen LogP contribution in [0.25, 0.3) is 0 Å². The fraction of sp³-hybridized carbons (Fsp3) is 0.333. The van der Waals surface area contributed by atoms with Crippen molar-refractivity contribution in [1.82, 2.24) is 0 Å². The van der Waals surface area contributed by atoms with Crippen LogP contribution in [0.1, 0.15) is 13.8 Å². The predicted molar refractivity (Wildman–Crippen MR) is 39.9 cm³/mol. The van der Waals surface area contributed by atoms with Crippen LogP contribution in [-0.4, -0.2) is 33.2 Å². The second kappa shape index (κ2) is 12.6. The Labute approximate surface area is 73.8 Å². The van der Waals surface area contributed by atoms with Crippen LogP contribution in [0.3, 0.4) is 0 Å². The highest BCUT2D eigenvalue weighted by Gasteiger charge is 1.79. The normalized spacial score (nSPS) is 5.92. The number of nitrogens with zero attached hydrogens (tertiary/aromatic N) is 1. The first-order chi connectivity index (χ1) is 5.73. The monoisotopic (exact) mass is 191 g/mol. The molecule has 0 atom stereocenters. The summed E-state index contributed by atoms with van der Waals surface area (Å²) >= 11 is 0. The lowest BCUT2D eigenvalue weighted by atomic mass is 10.8. The Bertz CT molecular complexity index is 196. The number of carboxylic acid groups (broad SMARTS) is 3. The molecule has 0 fully saturated rings. The summed E-state index contributed by atoms with van der Waals surface area (Å²) < 4.78 is 0. The summed E-state index contributed by atoms with van der Waals surface area (Å²) in [5.41, 5.74) is 0. The lowest BCUT2D eigenvalue weighted by Crippen LogP contribution is -1.83. The van der Waals surface area contributed by atoms with Gasteiger partial charge in [0.25, 0.3) is 11.9 Å². The molecular weight excluding hydrogens is 182 g/mol. The smallest absolute Gasteiger partial charge is 0.408 e. The molecular formula is C6H9NO6. The molecule has 0 radical (unpaired) electrons. The highest BCUT2D eigenvalue weighted by molar-refractivity contribution is 5.83. The summed E-state index contributed by atoms with van der Waals surface area (Å²) in [6.07, 6.45) is 0. The Balaban J connectivity index is -0.000000117. The zero-order valence-corrected chi connectivity index (χ0v) is 7.01. The molecule has 0 aromatic carbocycles. The van der Waals surface area contributed by atoms with Crippen molar-refractivity contribution in [3.05, 3.63) is 0 Å². The number of hydrogen-bond acceptors (Lipinski definition) is 4. The number of rotatable bonds is 0. The standard InChI is InChI=1S/C2HNO2.2C2H4O2/c3-1-2(4)5;2*1-2(3)4/h(H,4,5);2*1H3,(H,3,4). The van der Waals surface area contributed by atoms with E-state index in [0.29, 0.717) is 0 Å². The van der Waals surface area contributed by atoms with Gasteiger partial charge >= 0.3 is 5.97 Å². The van der Waals surface area contributed by atoms with Gasteiger partial charge in [0.15, 0.2) is 6.07 Å². The summed E-state index contributed by atoms with van der Waals surface area (Å²) in [6, 6.07) is 0.944. The van der Waals surface area contributed by atoms with Gasteiger partial charge in [0.1, 0.15) is 0 Å². The third kappa shape index (κ3) is 61800. The maximum absolute atomic E-state index is 9.01. The second-order valence-corrected chi connectivity index (χ2v) is 1.45. The van der Waals surface area contributed by atoms with Crippen molar-refractivity contribution in [2.75, 3.05) is 0 Å². The van der Waals surface area contributed by atoms with E-state index in [-0.39, 0.29) is 0 Å². The molecule has 0 unspecified atom stereocenters. The lowest BCUT2D eigenvalue weighted by Gasteiger charge is -1.59. The molecule has 7 heteroatoms. The molecule has 0 aliphatic carbocycles. The van der Waals surface area contributed by atoms with Crippen molar-refractivity contribution >= 4 is 17.9 Å². The predicted octanol–water partition coefficient (Wildman–Crippen LogP) is -0.224. The Hall–Kier alpha value is -2.10. The molecule has 0 aliphatic rings. The molecule has 0 aromatic heterocycles. The summed E-state index contributed by atoms with van der Waals surface area (Å²) in [6.45, 7) is 2.17. The average Bonchev–Trinajstić information content (AvgIpc) is 1.84. The van der Waals surface area contributed by atoms with Gasteiger partial charge in [-0.15, -0.1) is 0 Å². The Morgan fingerprint density at radius 2 is 1.08 bits per heavy atom. The van der Waals surface area contributed by atoms with E-state index in [4.69, 9.17) is 35.0 Å². The van der Waals surface area contributed by atoms with E-state index < -0.39 is 17.9 Å². The molecule has 0 heterocycles. The molecule has 0 bridgehead atoms. The Morgan fingerprint density at radius 1 is 1.00 bits per heavy atom. The molecule has 0 amide bonds. The summed E-state index contributed by atoms with van der Waals surface area (Å²) in [4.78, 5) is 27.0. The maximum atomic E-state index is 9.01. The van der Waals surface area contributed by atoms with Gasteiger partial charge in [0.2, 0.25) is 0 Å². The Kier molecular flexibility index (Phi) is 16.5. The number of aliphatic carboxylic acids is 3. The number of carboxylic acids is 3. The van der Waals surface area contributed by atoms with Gasteiger partial charge in [-0.2, -0.15) is 5.26 Å². The zero-order chi connectivity index (χ0) is 11.4. The molecule has 7 nitrogen and oxygen atoms in total. The molecule has 0 rings (SSSR count). The first kappa shape index (κ1) is 17.1. The van der Waals surface area contributed by atoms with Crippen molar-refractivity contribution in [1.29, 1.82) is 5.26 Å². The fourth-order valence-electron chi connectivity index (χ4n) is 0. The van der Waals surface area contributed by atoms with Crippen molar-refractivity contribution in [2.45, 2.75) is 13.8 Å². The van der Waals surface area contributed by atoms with Crippen LogP contribution in [0.15, 0.2) is 0 Å². The zero-order valence-electron chi connectivity index (χ0n) is 7.01. The van der Waals surface area contributed by atoms with Crippen LogP contribution >= 0.6 is 0 Å². The van der Waals surface area contributed by atoms with Crippen molar-refractivity contribution < 1.29 is 29.7 Å². The molecule has 0 saturated heterocycles. The van der Waals surface area contributed by atoms with Gasteiger partial charge in [-0.1, -0.05) is 0 Å². The van der Waals surface area contributed by atoms with E-state index in [9.17, 15) is 0 Å². The fourth-order valence-corrected chi connectivity index (χ4v) is 0. The van der Waals surface area contributed by atoms with Crippen molar-refractivity contribution in [2.24, 2.45) is 0 Å². The number of nitriles is 1. The molecule has 0 saturated carbocycles. The topological polar surface area (TPSA) is 136 Å². The average molecular weight is 191 g/mol. The van der Waals surface area contributed by atoms with Crippen LogP contribution in [0, 0.1) is 11.3 Å². The van der Waals surface area contributed by atoms with E-state index in [0.717, 1.165) is 19.9 Å². The van der Waals surface area contributed by atoms with E-state index in [2.05, 4.69) is 0 Å². The SMILES string of the molecule is CC(=O)O.CC(=O)O.N#CC(=O)O. The van der Waals surface area contributed by atoms with Gasteiger partial charge in [-0.25, -0.2) is 4.79 Å². The van der Waals surface area contributed by atoms with Gasteiger partial charge in [-0.3, -0.25) is 9.59 Å².